The van der Waals surface area contributed by atoms with E-state index in [1.807, 2.05) is 24.0 Å². The van der Waals surface area contributed by atoms with Crippen LogP contribution in [0.3, 0.4) is 0 Å². The van der Waals surface area contributed by atoms with Gasteiger partial charge in [0, 0.05) is 49.9 Å². The number of hydrogen-bond acceptors (Lipinski definition) is 3. The van der Waals surface area contributed by atoms with Gasteiger partial charge in [0.15, 0.2) is 0 Å². The number of nitrogens with one attached hydrogen (secondary N) is 1. The van der Waals surface area contributed by atoms with E-state index < -0.39 is 0 Å². The minimum Gasteiger partial charge on any atom is -0.363 e. The number of hydrogen-bond donors (Lipinski definition) is 1. The van der Waals surface area contributed by atoms with Crippen molar-refractivity contribution in [3.8, 4) is 0 Å². The molecule has 0 unspecified atom stereocenters. The third-order valence-electron chi connectivity index (χ3n) is 6.44. The van der Waals surface area contributed by atoms with E-state index in [-0.39, 0.29) is 41.5 Å². The Hall–Kier alpha value is -2.47. The van der Waals surface area contributed by atoms with Gasteiger partial charge in [0.2, 0.25) is 5.91 Å². The SMILES string of the molecule is Cc1ccc([C@H]2CNC[C@@H]2C(=O)N2C[C@@H](C)N(c3ccc(F)cc3)[C@@H](C)C2)c(F)c1. The number of anilines is 1. The van der Waals surface area contributed by atoms with Gasteiger partial charge in [0.1, 0.15) is 11.6 Å². The number of amides is 1. The van der Waals surface area contributed by atoms with Gasteiger partial charge in [-0.05, 0) is 62.2 Å². The van der Waals surface area contributed by atoms with Crippen LogP contribution in [0.4, 0.5) is 14.5 Å². The summed E-state index contributed by atoms with van der Waals surface area (Å²) in [6.07, 6.45) is 0. The molecule has 0 saturated carbocycles. The van der Waals surface area contributed by atoms with Crippen LogP contribution in [-0.2, 0) is 4.79 Å². The lowest BCUT2D eigenvalue weighted by molar-refractivity contribution is -0.136. The molecule has 2 fully saturated rings. The van der Waals surface area contributed by atoms with Gasteiger partial charge in [-0.15, -0.1) is 0 Å². The molecule has 2 saturated heterocycles. The monoisotopic (exact) mass is 413 g/mol. The maximum absolute atomic E-state index is 14.6. The van der Waals surface area contributed by atoms with E-state index in [1.54, 1.807) is 18.2 Å². The van der Waals surface area contributed by atoms with Crippen molar-refractivity contribution in [2.24, 2.45) is 5.92 Å². The van der Waals surface area contributed by atoms with Crippen molar-refractivity contribution in [1.82, 2.24) is 10.2 Å². The zero-order chi connectivity index (χ0) is 21.4. The summed E-state index contributed by atoms with van der Waals surface area (Å²) in [5.74, 6) is -0.819. The second-order valence-corrected chi connectivity index (χ2v) is 8.72. The Morgan fingerprint density at radius 3 is 2.30 bits per heavy atom. The second kappa shape index (κ2) is 8.34. The van der Waals surface area contributed by atoms with E-state index in [1.165, 1.54) is 12.1 Å². The number of piperazine rings is 1. The minimum atomic E-state index is -0.265. The zero-order valence-electron chi connectivity index (χ0n) is 17.7. The largest absolute Gasteiger partial charge is 0.363 e. The Morgan fingerprint density at radius 2 is 1.67 bits per heavy atom. The van der Waals surface area contributed by atoms with E-state index in [0.717, 1.165) is 11.3 Å². The summed E-state index contributed by atoms with van der Waals surface area (Å²) in [6, 6.07) is 12.0. The molecule has 2 aliphatic heterocycles. The summed E-state index contributed by atoms with van der Waals surface area (Å²) in [4.78, 5) is 17.6. The third-order valence-corrected chi connectivity index (χ3v) is 6.44. The number of benzene rings is 2. The van der Waals surface area contributed by atoms with Gasteiger partial charge >= 0.3 is 0 Å². The Morgan fingerprint density at radius 1 is 1.00 bits per heavy atom. The highest BCUT2D eigenvalue weighted by atomic mass is 19.1. The molecule has 2 heterocycles. The van der Waals surface area contributed by atoms with Crippen LogP contribution in [0.1, 0.15) is 30.9 Å². The Labute approximate surface area is 176 Å². The normalized spacial score (nSPS) is 26.8. The fraction of sp³-hybridized carbons (Fsp3) is 0.458. The van der Waals surface area contributed by atoms with E-state index in [2.05, 4.69) is 24.1 Å². The van der Waals surface area contributed by atoms with Gasteiger partial charge in [-0.3, -0.25) is 4.79 Å². The molecule has 1 N–H and O–H groups in total. The molecule has 4 rings (SSSR count). The van der Waals surface area contributed by atoms with Crippen LogP contribution in [-0.4, -0.2) is 49.1 Å². The van der Waals surface area contributed by atoms with Gasteiger partial charge in [0.25, 0.3) is 0 Å². The van der Waals surface area contributed by atoms with Gasteiger partial charge in [-0.1, -0.05) is 12.1 Å². The number of carbonyl (C=O) groups excluding carboxylic acids is 1. The Balaban J connectivity index is 1.50. The topological polar surface area (TPSA) is 35.6 Å². The first-order valence-electron chi connectivity index (χ1n) is 10.6. The average Bonchev–Trinajstić information content (AvgIpc) is 3.17. The predicted molar refractivity (Wildman–Crippen MR) is 115 cm³/mol. The van der Waals surface area contributed by atoms with Crippen LogP contribution in [0.2, 0.25) is 0 Å². The van der Waals surface area contributed by atoms with Gasteiger partial charge < -0.3 is 15.1 Å². The highest BCUT2D eigenvalue weighted by Gasteiger charge is 2.40. The smallest absolute Gasteiger partial charge is 0.227 e. The molecule has 0 radical (unpaired) electrons. The lowest BCUT2D eigenvalue weighted by Crippen LogP contribution is -2.59. The molecule has 2 aromatic rings. The molecule has 0 spiro atoms. The first-order chi connectivity index (χ1) is 14.3. The maximum atomic E-state index is 14.6. The van der Waals surface area contributed by atoms with Crippen molar-refractivity contribution in [1.29, 1.82) is 0 Å². The van der Waals surface area contributed by atoms with Crippen LogP contribution in [0.15, 0.2) is 42.5 Å². The molecule has 0 aromatic heterocycles. The Kier molecular flexibility index (Phi) is 5.78. The molecule has 160 valence electrons. The van der Waals surface area contributed by atoms with Gasteiger partial charge in [-0.2, -0.15) is 0 Å². The van der Waals surface area contributed by atoms with Crippen molar-refractivity contribution in [2.75, 3.05) is 31.1 Å². The van der Waals surface area contributed by atoms with E-state index >= 15 is 0 Å². The van der Waals surface area contributed by atoms with E-state index in [4.69, 9.17) is 0 Å². The fourth-order valence-corrected chi connectivity index (χ4v) is 5.06. The summed E-state index contributed by atoms with van der Waals surface area (Å²) in [5.41, 5.74) is 2.46. The highest BCUT2D eigenvalue weighted by Crippen LogP contribution is 2.33. The molecule has 1 amide bonds. The molecule has 30 heavy (non-hydrogen) atoms. The molecule has 0 bridgehead atoms. The maximum Gasteiger partial charge on any atom is 0.227 e. The number of rotatable bonds is 3. The zero-order valence-corrected chi connectivity index (χ0v) is 17.7. The fourth-order valence-electron chi connectivity index (χ4n) is 5.06. The van der Waals surface area contributed by atoms with Crippen LogP contribution < -0.4 is 10.2 Å². The highest BCUT2D eigenvalue weighted by molar-refractivity contribution is 5.81. The molecular weight excluding hydrogens is 384 g/mol. The molecule has 0 aliphatic carbocycles. The molecule has 6 heteroatoms. The second-order valence-electron chi connectivity index (χ2n) is 8.72. The molecule has 4 atom stereocenters. The molecule has 2 aromatic carbocycles. The quantitative estimate of drug-likeness (QED) is 0.834. The summed E-state index contributed by atoms with van der Waals surface area (Å²) in [7, 11) is 0. The molecule has 4 nitrogen and oxygen atoms in total. The number of aryl methyl sites for hydroxylation is 1. The summed E-state index contributed by atoms with van der Waals surface area (Å²) < 4.78 is 27.9. The van der Waals surface area contributed by atoms with Crippen molar-refractivity contribution < 1.29 is 13.6 Å². The number of halogens is 2. The predicted octanol–water partition coefficient (Wildman–Crippen LogP) is 3.70. The van der Waals surface area contributed by atoms with Gasteiger partial charge in [0.05, 0.1) is 5.92 Å². The first-order valence-corrected chi connectivity index (χ1v) is 10.6. The summed E-state index contributed by atoms with van der Waals surface area (Å²) >= 11 is 0. The van der Waals surface area contributed by atoms with Crippen LogP contribution in [0.5, 0.6) is 0 Å². The summed E-state index contributed by atoms with van der Waals surface area (Å²) in [5, 5.41) is 3.28. The van der Waals surface area contributed by atoms with Crippen LogP contribution >= 0.6 is 0 Å². The first kappa shape index (κ1) is 20.8. The standard InChI is InChI=1S/C24H29F2N3O/c1-15-4-9-20(23(26)10-15)21-11-27-12-22(21)24(30)28-13-16(2)29(17(3)14-28)19-7-5-18(25)6-8-19/h4-10,16-17,21-22,27H,11-14H2,1-3H3/t16-,17+,21-,22+/m1/s1. The van der Waals surface area contributed by atoms with E-state index in [0.29, 0.717) is 31.7 Å². The van der Waals surface area contributed by atoms with Crippen LogP contribution in [0.25, 0.3) is 0 Å². The molecular formula is C24H29F2N3O. The third kappa shape index (κ3) is 3.93. The average molecular weight is 414 g/mol. The Bertz CT molecular complexity index is 905. The lowest BCUT2D eigenvalue weighted by atomic mass is 9.86. The van der Waals surface area contributed by atoms with Crippen LogP contribution in [0, 0.1) is 24.5 Å². The van der Waals surface area contributed by atoms with E-state index in [9.17, 15) is 13.6 Å². The summed E-state index contributed by atoms with van der Waals surface area (Å²) in [6.45, 7) is 8.41. The van der Waals surface area contributed by atoms with Crippen molar-refractivity contribution in [3.63, 3.8) is 0 Å². The lowest BCUT2D eigenvalue weighted by Gasteiger charge is -2.46. The molecule has 2 aliphatic rings. The van der Waals surface area contributed by atoms with Crippen molar-refractivity contribution >= 4 is 11.6 Å². The van der Waals surface area contributed by atoms with Crippen molar-refractivity contribution in [2.45, 2.75) is 38.8 Å². The number of nitrogens with zero attached hydrogens (tertiary/aromatic N) is 2. The van der Waals surface area contributed by atoms with Crippen molar-refractivity contribution in [3.05, 3.63) is 65.2 Å². The minimum absolute atomic E-state index is 0.0856. The number of carbonyl (C=O) groups is 1. The van der Waals surface area contributed by atoms with Gasteiger partial charge in [-0.25, -0.2) is 8.78 Å².